The topological polar surface area (TPSA) is 125 Å². The quantitative estimate of drug-likeness (QED) is 0.453. The molecule has 0 aliphatic carbocycles. The standard InChI is InChI=1S/C23H17Cl3N4O5/c1-4-35-23(34)18-14(22(33)30(28-18)19-16(25)8-12(24)9-17(19)26)7-5-6-13-11(2)15(10-27)21(32)29(3)20(13)31/h5-9,31H,4H2,1-3H3/b6-5?,14-7-. The highest BCUT2D eigenvalue weighted by Crippen LogP contribution is 2.39. The van der Waals surface area contributed by atoms with Crippen LogP contribution < -0.4 is 10.6 Å². The fourth-order valence-corrected chi connectivity index (χ4v) is 4.26. The number of aromatic nitrogens is 1. The predicted octanol–water partition coefficient (Wildman–Crippen LogP) is 4.14. The van der Waals surface area contributed by atoms with Crippen molar-refractivity contribution in [1.82, 2.24) is 4.57 Å². The summed E-state index contributed by atoms with van der Waals surface area (Å²) in [5, 5.41) is 24.9. The number of esters is 1. The number of anilines is 1. The molecule has 1 aromatic heterocycles. The van der Waals surface area contributed by atoms with Gasteiger partial charge in [-0.3, -0.25) is 14.2 Å². The Morgan fingerprint density at radius 3 is 2.46 bits per heavy atom. The van der Waals surface area contributed by atoms with Gasteiger partial charge < -0.3 is 9.84 Å². The molecule has 35 heavy (non-hydrogen) atoms. The van der Waals surface area contributed by atoms with E-state index in [9.17, 15) is 24.8 Å². The minimum absolute atomic E-state index is 0.0297. The number of rotatable bonds is 5. The molecular formula is C23H17Cl3N4O5. The molecule has 0 fully saturated rings. The molecule has 0 radical (unpaired) electrons. The number of benzene rings is 1. The monoisotopic (exact) mass is 534 g/mol. The van der Waals surface area contributed by atoms with Crippen LogP contribution in [0.25, 0.3) is 6.08 Å². The summed E-state index contributed by atoms with van der Waals surface area (Å²) in [6, 6.07) is 4.56. The van der Waals surface area contributed by atoms with Gasteiger partial charge in [0.05, 0.1) is 22.2 Å². The third-order valence-corrected chi connectivity index (χ3v) is 5.83. The first-order valence-corrected chi connectivity index (χ1v) is 11.1. The fraction of sp³-hybridized carbons (Fsp3) is 0.174. The van der Waals surface area contributed by atoms with Crippen LogP contribution in [-0.2, 0) is 21.4 Å². The molecule has 1 aliphatic heterocycles. The maximum atomic E-state index is 13.2. The molecule has 180 valence electrons. The van der Waals surface area contributed by atoms with E-state index in [0.29, 0.717) is 0 Å². The fourth-order valence-electron chi connectivity index (χ4n) is 3.28. The van der Waals surface area contributed by atoms with E-state index in [4.69, 9.17) is 39.5 Å². The average molecular weight is 536 g/mol. The van der Waals surface area contributed by atoms with Crippen LogP contribution in [-0.4, -0.2) is 33.9 Å². The SMILES string of the molecule is CCOC(=O)C1=NN(c2c(Cl)cc(Cl)cc2Cl)C(=O)/C1=C\C=Cc1c(C)c(C#N)c(=O)n(C)c1O. The second kappa shape index (κ2) is 10.4. The average Bonchev–Trinajstić information content (AvgIpc) is 3.10. The number of carbonyl (C=O) groups excluding carboxylic acids is 2. The van der Waals surface area contributed by atoms with Crippen molar-refractivity contribution in [2.75, 3.05) is 11.6 Å². The van der Waals surface area contributed by atoms with Gasteiger partial charge in [-0.2, -0.15) is 15.4 Å². The van der Waals surface area contributed by atoms with E-state index in [1.54, 1.807) is 6.92 Å². The van der Waals surface area contributed by atoms with E-state index in [1.165, 1.54) is 44.3 Å². The maximum absolute atomic E-state index is 13.2. The van der Waals surface area contributed by atoms with Crippen molar-refractivity contribution in [3.63, 3.8) is 0 Å². The molecule has 1 N–H and O–H groups in total. The van der Waals surface area contributed by atoms with Crippen molar-refractivity contribution >= 4 is 64.2 Å². The van der Waals surface area contributed by atoms with Crippen LogP contribution in [0.4, 0.5) is 5.69 Å². The van der Waals surface area contributed by atoms with Gasteiger partial charge in [0.15, 0.2) is 5.71 Å². The predicted molar refractivity (Wildman–Crippen MR) is 133 cm³/mol. The van der Waals surface area contributed by atoms with Gasteiger partial charge in [0, 0.05) is 17.6 Å². The number of carbonyl (C=O) groups is 2. The minimum atomic E-state index is -0.850. The van der Waals surface area contributed by atoms with Crippen LogP contribution >= 0.6 is 34.8 Å². The van der Waals surface area contributed by atoms with Crippen molar-refractivity contribution in [1.29, 1.82) is 5.26 Å². The lowest BCUT2D eigenvalue weighted by Gasteiger charge is -2.15. The number of amides is 1. The van der Waals surface area contributed by atoms with Crippen molar-refractivity contribution < 1.29 is 19.4 Å². The Labute approximate surface area is 214 Å². The first-order valence-electron chi connectivity index (χ1n) is 9.99. The summed E-state index contributed by atoms with van der Waals surface area (Å²) in [5.74, 6) is -1.94. The molecule has 2 heterocycles. The largest absolute Gasteiger partial charge is 0.494 e. The molecule has 0 spiro atoms. The van der Waals surface area contributed by atoms with Crippen LogP contribution in [0.3, 0.4) is 0 Å². The lowest BCUT2D eigenvalue weighted by atomic mass is 10.0. The summed E-state index contributed by atoms with van der Waals surface area (Å²) in [5.41, 5.74) is -0.744. The number of allylic oxidation sites excluding steroid dienone is 2. The van der Waals surface area contributed by atoms with E-state index in [0.717, 1.165) is 9.58 Å². The number of nitriles is 1. The Hall–Kier alpha value is -3.58. The zero-order valence-corrected chi connectivity index (χ0v) is 20.9. The van der Waals surface area contributed by atoms with Gasteiger partial charge >= 0.3 is 5.97 Å². The van der Waals surface area contributed by atoms with E-state index in [-0.39, 0.29) is 61.2 Å². The minimum Gasteiger partial charge on any atom is -0.494 e. The van der Waals surface area contributed by atoms with Gasteiger partial charge in [-0.15, -0.1) is 0 Å². The van der Waals surface area contributed by atoms with Crippen molar-refractivity contribution in [2.24, 2.45) is 12.1 Å². The molecule has 0 saturated carbocycles. The van der Waals surface area contributed by atoms with Crippen molar-refractivity contribution in [3.05, 3.63) is 72.0 Å². The van der Waals surface area contributed by atoms with Crippen LogP contribution in [0.2, 0.25) is 15.1 Å². The van der Waals surface area contributed by atoms with Gasteiger partial charge in [-0.05, 0) is 43.7 Å². The molecule has 0 atom stereocenters. The second-order valence-electron chi connectivity index (χ2n) is 7.16. The summed E-state index contributed by atoms with van der Waals surface area (Å²) >= 11 is 18.4. The molecule has 12 heteroatoms. The lowest BCUT2D eigenvalue weighted by molar-refractivity contribution is -0.135. The van der Waals surface area contributed by atoms with Crippen molar-refractivity contribution in [2.45, 2.75) is 13.8 Å². The molecule has 9 nitrogen and oxygen atoms in total. The highest BCUT2D eigenvalue weighted by Gasteiger charge is 2.37. The van der Waals surface area contributed by atoms with Crippen molar-refractivity contribution in [3.8, 4) is 11.9 Å². The smallest absolute Gasteiger partial charge is 0.359 e. The first kappa shape index (κ1) is 26.0. The number of hydrogen-bond acceptors (Lipinski definition) is 7. The maximum Gasteiger partial charge on any atom is 0.359 e. The number of hydrogen-bond donors (Lipinski definition) is 1. The van der Waals surface area contributed by atoms with E-state index in [1.807, 2.05) is 6.07 Å². The highest BCUT2D eigenvalue weighted by molar-refractivity contribution is 6.54. The Kier molecular flexibility index (Phi) is 7.70. The second-order valence-corrected chi connectivity index (χ2v) is 8.41. The van der Waals surface area contributed by atoms with E-state index in [2.05, 4.69) is 5.10 Å². The summed E-state index contributed by atoms with van der Waals surface area (Å²) in [7, 11) is 1.32. The third kappa shape index (κ3) is 4.82. The molecule has 0 unspecified atom stereocenters. The first-order chi connectivity index (χ1) is 16.5. The Bertz CT molecular complexity index is 1430. The molecule has 1 aromatic carbocycles. The summed E-state index contributed by atoms with van der Waals surface area (Å²) in [6.45, 7) is 3.14. The molecule has 1 amide bonds. The zero-order valence-electron chi connectivity index (χ0n) is 18.6. The van der Waals surface area contributed by atoms with Gasteiger partial charge in [0.25, 0.3) is 11.5 Å². The summed E-state index contributed by atoms with van der Waals surface area (Å²) < 4.78 is 5.94. The number of ether oxygens (including phenoxy) is 1. The van der Waals surface area contributed by atoms with E-state index < -0.39 is 17.4 Å². The number of pyridine rings is 1. The number of nitrogens with zero attached hydrogens (tertiary/aromatic N) is 4. The molecular weight excluding hydrogens is 519 g/mol. The Morgan fingerprint density at radius 2 is 1.89 bits per heavy atom. The van der Waals surface area contributed by atoms with Crippen LogP contribution in [0.1, 0.15) is 23.6 Å². The summed E-state index contributed by atoms with van der Waals surface area (Å²) in [6.07, 6.45) is 4.04. The van der Waals surface area contributed by atoms with E-state index >= 15 is 0 Å². The highest BCUT2D eigenvalue weighted by atomic mass is 35.5. The van der Waals surface area contributed by atoms with Gasteiger partial charge in [0.1, 0.15) is 17.3 Å². The summed E-state index contributed by atoms with van der Waals surface area (Å²) in [4.78, 5) is 37.9. The molecule has 3 rings (SSSR count). The molecule has 2 aromatic rings. The van der Waals surface area contributed by atoms with Crippen LogP contribution in [0.5, 0.6) is 5.88 Å². The Balaban J connectivity index is 2.11. The third-order valence-electron chi connectivity index (χ3n) is 5.03. The van der Waals surface area contributed by atoms with Crippen LogP contribution in [0.15, 0.2) is 39.8 Å². The van der Waals surface area contributed by atoms with Crippen LogP contribution in [0, 0.1) is 18.3 Å². The van der Waals surface area contributed by atoms with Gasteiger partial charge in [-0.25, -0.2) is 4.79 Å². The number of aromatic hydroxyl groups is 1. The molecule has 1 aliphatic rings. The molecule has 0 bridgehead atoms. The number of halogens is 3. The molecule has 0 saturated heterocycles. The normalized spacial score (nSPS) is 14.5. The van der Waals surface area contributed by atoms with Gasteiger partial charge in [0.2, 0.25) is 5.88 Å². The lowest BCUT2D eigenvalue weighted by Crippen LogP contribution is -2.23. The Morgan fingerprint density at radius 1 is 1.26 bits per heavy atom. The zero-order chi connectivity index (χ0) is 26.0. The van der Waals surface area contributed by atoms with Gasteiger partial charge in [-0.1, -0.05) is 40.9 Å². The number of hydrazone groups is 1.